The monoisotopic (exact) mass is 317 g/mol. The van der Waals surface area contributed by atoms with Crippen LogP contribution in [0.5, 0.6) is 0 Å². The van der Waals surface area contributed by atoms with Gasteiger partial charge in [0.1, 0.15) is 17.2 Å². The van der Waals surface area contributed by atoms with Crippen molar-refractivity contribution < 1.29 is 4.39 Å². The first-order valence-electron chi connectivity index (χ1n) is 8.39. The third-order valence-corrected chi connectivity index (χ3v) is 4.34. The number of nitrogens with zero attached hydrogens (tertiary/aromatic N) is 5. The highest BCUT2D eigenvalue weighted by Gasteiger charge is 2.18. The summed E-state index contributed by atoms with van der Waals surface area (Å²) in [7, 11) is 0. The molecule has 0 spiro atoms. The molecule has 0 unspecified atom stereocenters. The van der Waals surface area contributed by atoms with Gasteiger partial charge in [-0.25, -0.2) is 19.3 Å². The predicted molar refractivity (Wildman–Crippen MR) is 89.0 cm³/mol. The topological polar surface area (TPSA) is 46.8 Å². The number of aryl methyl sites for hydroxylation is 1. The highest BCUT2D eigenvalue weighted by atomic mass is 19.1. The zero-order valence-corrected chi connectivity index (χ0v) is 14.1. The largest absolute Gasteiger partial charge is 0.341 e. The highest BCUT2D eigenvalue weighted by molar-refractivity contribution is 5.56. The summed E-state index contributed by atoms with van der Waals surface area (Å²) < 4.78 is 16.3. The Kier molecular flexibility index (Phi) is 4.59. The standard InChI is InChI=1S/C17H24FN5/c1-12(2)23-11-15(20-13(23)3)16-14(18)10-19-17(21-16)22-8-6-4-5-7-9-22/h10-12H,4-9H2,1-3H3. The fraction of sp³-hybridized carbons (Fsp3) is 0.588. The number of hydrogen-bond acceptors (Lipinski definition) is 4. The number of anilines is 1. The van der Waals surface area contributed by atoms with E-state index in [1.807, 2.05) is 17.7 Å². The van der Waals surface area contributed by atoms with Crippen LogP contribution in [-0.4, -0.2) is 32.6 Å². The van der Waals surface area contributed by atoms with Gasteiger partial charge in [-0.15, -0.1) is 0 Å². The molecular formula is C17H24FN5. The van der Waals surface area contributed by atoms with Crippen LogP contribution in [0.2, 0.25) is 0 Å². The van der Waals surface area contributed by atoms with E-state index >= 15 is 0 Å². The Morgan fingerprint density at radius 2 is 1.78 bits per heavy atom. The van der Waals surface area contributed by atoms with E-state index < -0.39 is 5.82 Å². The lowest BCUT2D eigenvalue weighted by molar-refractivity contribution is 0.582. The molecule has 3 rings (SSSR count). The zero-order chi connectivity index (χ0) is 16.4. The maximum atomic E-state index is 14.3. The van der Waals surface area contributed by atoms with E-state index in [9.17, 15) is 4.39 Å². The van der Waals surface area contributed by atoms with Crippen molar-refractivity contribution in [1.29, 1.82) is 0 Å². The van der Waals surface area contributed by atoms with E-state index in [4.69, 9.17) is 0 Å². The molecule has 1 aliphatic rings. The second-order valence-electron chi connectivity index (χ2n) is 6.44. The zero-order valence-electron chi connectivity index (χ0n) is 14.1. The van der Waals surface area contributed by atoms with E-state index in [1.54, 1.807) is 0 Å². The Balaban J connectivity index is 1.95. The van der Waals surface area contributed by atoms with Gasteiger partial charge in [0.05, 0.1) is 6.20 Å². The second kappa shape index (κ2) is 6.64. The lowest BCUT2D eigenvalue weighted by Gasteiger charge is -2.20. The number of halogens is 1. The molecule has 1 aliphatic heterocycles. The number of hydrogen-bond donors (Lipinski definition) is 0. The second-order valence-corrected chi connectivity index (χ2v) is 6.44. The first kappa shape index (κ1) is 15.9. The first-order valence-corrected chi connectivity index (χ1v) is 8.39. The van der Waals surface area contributed by atoms with Crippen molar-refractivity contribution >= 4 is 5.95 Å². The number of aromatic nitrogens is 4. The SMILES string of the molecule is Cc1nc(-c2nc(N3CCCCCC3)ncc2F)cn1C(C)C. The van der Waals surface area contributed by atoms with Crippen molar-refractivity contribution in [3.8, 4) is 11.4 Å². The van der Waals surface area contributed by atoms with Gasteiger partial charge in [-0.2, -0.15) is 0 Å². The summed E-state index contributed by atoms with van der Waals surface area (Å²) in [4.78, 5) is 15.3. The lowest BCUT2D eigenvalue weighted by Crippen LogP contribution is -2.26. The minimum atomic E-state index is -0.419. The van der Waals surface area contributed by atoms with Crippen LogP contribution >= 0.6 is 0 Å². The van der Waals surface area contributed by atoms with Gasteiger partial charge in [-0.05, 0) is 33.6 Å². The number of imidazole rings is 1. The molecule has 5 nitrogen and oxygen atoms in total. The highest BCUT2D eigenvalue weighted by Crippen LogP contribution is 2.24. The van der Waals surface area contributed by atoms with Crippen LogP contribution in [0.15, 0.2) is 12.4 Å². The van der Waals surface area contributed by atoms with Gasteiger partial charge in [0, 0.05) is 25.3 Å². The van der Waals surface area contributed by atoms with Crippen LogP contribution in [0.3, 0.4) is 0 Å². The van der Waals surface area contributed by atoms with Crippen molar-refractivity contribution in [1.82, 2.24) is 19.5 Å². The Morgan fingerprint density at radius 1 is 1.09 bits per heavy atom. The Hall–Kier alpha value is -1.98. The van der Waals surface area contributed by atoms with E-state index in [1.165, 1.54) is 19.0 Å². The van der Waals surface area contributed by atoms with Gasteiger partial charge in [0.15, 0.2) is 5.82 Å². The average molecular weight is 317 g/mol. The summed E-state index contributed by atoms with van der Waals surface area (Å²) in [6.07, 6.45) is 7.89. The summed E-state index contributed by atoms with van der Waals surface area (Å²) in [5.74, 6) is 1.06. The molecule has 2 aromatic heterocycles. The first-order chi connectivity index (χ1) is 11.1. The summed E-state index contributed by atoms with van der Waals surface area (Å²) in [6, 6.07) is 0.284. The minimum Gasteiger partial charge on any atom is -0.341 e. The van der Waals surface area contributed by atoms with E-state index in [0.717, 1.165) is 31.8 Å². The van der Waals surface area contributed by atoms with E-state index in [2.05, 4.69) is 33.7 Å². The molecule has 0 bridgehead atoms. The van der Waals surface area contributed by atoms with Crippen LogP contribution in [0.4, 0.5) is 10.3 Å². The smallest absolute Gasteiger partial charge is 0.226 e. The number of rotatable bonds is 3. The van der Waals surface area contributed by atoms with Gasteiger partial charge >= 0.3 is 0 Å². The van der Waals surface area contributed by atoms with Crippen LogP contribution in [-0.2, 0) is 0 Å². The molecule has 3 heterocycles. The molecule has 0 N–H and O–H groups in total. The van der Waals surface area contributed by atoms with Gasteiger partial charge in [-0.3, -0.25) is 0 Å². The Morgan fingerprint density at radius 3 is 2.39 bits per heavy atom. The summed E-state index contributed by atoms with van der Waals surface area (Å²) >= 11 is 0. The van der Waals surface area contributed by atoms with Crippen molar-refractivity contribution in [3.05, 3.63) is 24.0 Å². The molecule has 0 atom stereocenters. The Labute approximate surface area is 136 Å². The maximum Gasteiger partial charge on any atom is 0.226 e. The molecule has 0 radical (unpaired) electrons. The van der Waals surface area contributed by atoms with Gasteiger partial charge in [-0.1, -0.05) is 12.8 Å². The van der Waals surface area contributed by atoms with Gasteiger partial charge < -0.3 is 9.47 Å². The molecule has 1 saturated heterocycles. The molecule has 124 valence electrons. The summed E-state index contributed by atoms with van der Waals surface area (Å²) in [6.45, 7) is 7.96. The predicted octanol–water partition coefficient (Wildman–Crippen LogP) is 3.75. The van der Waals surface area contributed by atoms with Crippen molar-refractivity contribution in [3.63, 3.8) is 0 Å². The minimum absolute atomic E-state index is 0.284. The molecule has 0 saturated carbocycles. The quantitative estimate of drug-likeness (QED) is 0.865. The fourth-order valence-corrected chi connectivity index (χ4v) is 3.08. The molecule has 0 aliphatic carbocycles. The van der Waals surface area contributed by atoms with Gasteiger partial charge in [0.2, 0.25) is 5.95 Å². The molecule has 1 fully saturated rings. The molecule has 2 aromatic rings. The summed E-state index contributed by atoms with van der Waals surface area (Å²) in [5, 5.41) is 0. The van der Waals surface area contributed by atoms with Gasteiger partial charge in [0.25, 0.3) is 0 Å². The third kappa shape index (κ3) is 3.35. The molecule has 0 amide bonds. The van der Waals surface area contributed by atoms with Crippen molar-refractivity contribution in [2.45, 2.75) is 52.5 Å². The normalized spacial score (nSPS) is 16.0. The van der Waals surface area contributed by atoms with Crippen molar-refractivity contribution in [2.24, 2.45) is 0 Å². The van der Waals surface area contributed by atoms with Crippen molar-refractivity contribution in [2.75, 3.05) is 18.0 Å². The van der Waals surface area contributed by atoms with Crippen LogP contribution in [0.25, 0.3) is 11.4 Å². The molecule has 0 aromatic carbocycles. The third-order valence-electron chi connectivity index (χ3n) is 4.34. The lowest BCUT2D eigenvalue weighted by atomic mass is 10.2. The maximum absolute atomic E-state index is 14.3. The van der Waals surface area contributed by atoms with Crippen LogP contribution < -0.4 is 4.90 Å². The molecular weight excluding hydrogens is 293 g/mol. The molecule has 23 heavy (non-hydrogen) atoms. The Bertz CT molecular complexity index is 672. The summed E-state index contributed by atoms with van der Waals surface area (Å²) in [5.41, 5.74) is 0.869. The van der Waals surface area contributed by atoms with Crippen LogP contribution in [0, 0.1) is 12.7 Å². The fourth-order valence-electron chi connectivity index (χ4n) is 3.08. The average Bonchev–Trinajstić information content (AvgIpc) is 2.74. The van der Waals surface area contributed by atoms with E-state index in [-0.39, 0.29) is 6.04 Å². The van der Waals surface area contributed by atoms with Crippen LogP contribution in [0.1, 0.15) is 51.4 Å². The molecule has 6 heteroatoms. The van der Waals surface area contributed by atoms with E-state index in [0.29, 0.717) is 17.3 Å².